The van der Waals surface area contributed by atoms with Gasteiger partial charge in [0, 0.05) is 6.04 Å². The summed E-state index contributed by atoms with van der Waals surface area (Å²) in [5.41, 5.74) is 0.798. The maximum absolute atomic E-state index is 4.10. The summed E-state index contributed by atoms with van der Waals surface area (Å²) in [5.74, 6) is 7.89. The number of rotatable bonds is 0. The van der Waals surface area contributed by atoms with Crippen LogP contribution in [0.1, 0.15) is 51.4 Å². The maximum Gasteiger partial charge on any atom is 0.0160 e. The molecule has 5 aliphatic carbocycles. The van der Waals surface area contributed by atoms with Gasteiger partial charge in [-0.3, -0.25) is 0 Å². The van der Waals surface area contributed by atoms with Gasteiger partial charge in [0.2, 0.25) is 0 Å². The second kappa shape index (κ2) is 3.24. The molecule has 6 aliphatic rings. The van der Waals surface area contributed by atoms with E-state index >= 15 is 0 Å². The number of nitrogens with one attached hydrogen (secondary N) is 1. The van der Waals surface area contributed by atoms with E-state index in [0.717, 1.165) is 47.0 Å². The topological polar surface area (TPSA) is 12.0 Å². The van der Waals surface area contributed by atoms with Crippen molar-refractivity contribution in [3.8, 4) is 0 Å². The second-order valence-electron chi connectivity index (χ2n) is 9.01. The molecule has 0 aromatic heterocycles. The molecular formula is C18H27N. The molecule has 1 saturated heterocycles. The minimum absolute atomic E-state index is 0.798. The Morgan fingerprint density at radius 3 is 2.84 bits per heavy atom. The molecule has 0 aromatic carbocycles. The number of piperidine rings is 1. The molecule has 9 atom stereocenters. The molecule has 1 heterocycles. The Morgan fingerprint density at radius 1 is 0.842 bits per heavy atom. The van der Waals surface area contributed by atoms with Crippen molar-refractivity contribution in [3.05, 3.63) is 0 Å². The molecule has 0 unspecified atom stereocenters. The second-order valence-corrected chi connectivity index (χ2v) is 9.01. The average Bonchev–Trinajstić information content (AvgIpc) is 2.82. The highest BCUT2D eigenvalue weighted by atomic mass is 15.0. The molecule has 104 valence electrons. The van der Waals surface area contributed by atoms with E-state index in [2.05, 4.69) is 5.32 Å². The Morgan fingerprint density at radius 2 is 1.84 bits per heavy atom. The van der Waals surface area contributed by atoms with Crippen LogP contribution in [-0.4, -0.2) is 12.6 Å². The Balaban J connectivity index is 1.56. The standard InChI is InChI=1S/C18H27N/c1-2-11-9-19-17-14-8-15(11)18(17,5-1)16-7-10-3-4-12(14)13(16)6-10/h10-17,19H,1-9H2/t10-,11+,12+,13-,14-,15-,16-,17-,18+/m1/s1. The van der Waals surface area contributed by atoms with Crippen LogP contribution in [0.25, 0.3) is 0 Å². The normalized spacial score (nSPS) is 68.2. The lowest BCUT2D eigenvalue weighted by Crippen LogP contribution is -2.64. The zero-order chi connectivity index (χ0) is 12.2. The monoisotopic (exact) mass is 257 g/mol. The molecule has 5 saturated carbocycles. The summed E-state index contributed by atoms with van der Waals surface area (Å²) in [5, 5.41) is 4.10. The fourth-order valence-electron chi connectivity index (χ4n) is 8.78. The van der Waals surface area contributed by atoms with Crippen molar-refractivity contribution < 1.29 is 0 Å². The van der Waals surface area contributed by atoms with Gasteiger partial charge in [0.05, 0.1) is 0 Å². The van der Waals surface area contributed by atoms with Crippen LogP contribution in [0, 0.1) is 46.8 Å². The molecule has 6 fully saturated rings. The highest BCUT2D eigenvalue weighted by Gasteiger charge is 2.71. The lowest BCUT2D eigenvalue weighted by molar-refractivity contribution is -0.0895. The summed E-state index contributed by atoms with van der Waals surface area (Å²) in [6, 6.07) is 0.956. The van der Waals surface area contributed by atoms with Crippen LogP contribution in [-0.2, 0) is 0 Å². The summed E-state index contributed by atoms with van der Waals surface area (Å²) in [7, 11) is 0. The Kier molecular flexibility index (Phi) is 1.81. The molecule has 1 heteroatoms. The van der Waals surface area contributed by atoms with Gasteiger partial charge in [-0.2, -0.15) is 0 Å². The zero-order valence-electron chi connectivity index (χ0n) is 12.0. The van der Waals surface area contributed by atoms with E-state index < -0.39 is 0 Å². The molecule has 1 aliphatic heterocycles. The zero-order valence-corrected chi connectivity index (χ0v) is 12.0. The summed E-state index contributed by atoms with van der Waals surface area (Å²) in [6.07, 6.45) is 12.8. The third kappa shape index (κ3) is 1.02. The molecule has 0 radical (unpaired) electrons. The summed E-state index contributed by atoms with van der Waals surface area (Å²) >= 11 is 0. The number of fused-ring (bicyclic) bond motifs is 2. The molecule has 0 aromatic rings. The first-order chi connectivity index (χ1) is 9.38. The van der Waals surface area contributed by atoms with Crippen LogP contribution in [0.2, 0.25) is 0 Å². The van der Waals surface area contributed by atoms with E-state index in [-0.39, 0.29) is 0 Å². The number of hydrogen-bond acceptors (Lipinski definition) is 1. The SMILES string of the molecule is C1C[C@H]2CN[C@@H]3[C@@H]4C[C@H]2[C@@]3(C1)[C@@H]1C[C@@H]2CC[C@H]4[C@H]1C2. The summed E-state index contributed by atoms with van der Waals surface area (Å²) in [4.78, 5) is 0. The first-order valence-corrected chi connectivity index (χ1v) is 9.11. The highest BCUT2D eigenvalue weighted by Crippen LogP contribution is 2.74. The van der Waals surface area contributed by atoms with Crippen LogP contribution in [0.4, 0.5) is 0 Å². The van der Waals surface area contributed by atoms with Gasteiger partial charge in [0.25, 0.3) is 0 Å². The Hall–Kier alpha value is -0.0400. The van der Waals surface area contributed by atoms with Crippen molar-refractivity contribution in [2.24, 2.45) is 46.8 Å². The van der Waals surface area contributed by atoms with Crippen LogP contribution < -0.4 is 5.32 Å². The van der Waals surface area contributed by atoms with Crippen LogP contribution in [0.3, 0.4) is 0 Å². The number of hydrogen-bond donors (Lipinski definition) is 1. The predicted molar refractivity (Wildman–Crippen MR) is 75.6 cm³/mol. The fraction of sp³-hybridized carbons (Fsp3) is 1.00. The molecule has 0 amide bonds. The van der Waals surface area contributed by atoms with Crippen LogP contribution >= 0.6 is 0 Å². The van der Waals surface area contributed by atoms with Crippen LogP contribution in [0.15, 0.2) is 0 Å². The molecule has 19 heavy (non-hydrogen) atoms. The van der Waals surface area contributed by atoms with Gasteiger partial charge in [-0.15, -0.1) is 0 Å². The summed E-state index contributed by atoms with van der Waals surface area (Å²) < 4.78 is 0. The third-order valence-electron chi connectivity index (χ3n) is 8.99. The summed E-state index contributed by atoms with van der Waals surface area (Å²) in [6.45, 7) is 1.38. The highest BCUT2D eigenvalue weighted by molar-refractivity contribution is 5.22. The largest absolute Gasteiger partial charge is 0.313 e. The van der Waals surface area contributed by atoms with E-state index in [4.69, 9.17) is 0 Å². The minimum atomic E-state index is 0.798. The van der Waals surface area contributed by atoms with E-state index in [0.29, 0.717) is 0 Å². The Labute approximate surface area is 116 Å². The van der Waals surface area contributed by atoms with Crippen molar-refractivity contribution in [1.29, 1.82) is 0 Å². The van der Waals surface area contributed by atoms with Gasteiger partial charge in [-0.25, -0.2) is 0 Å². The molecule has 1 nitrogen and oxygen atoms in total. The van der Waals surface area contributed by atoms with Crippen molar-refractivity contribution >= 4 is 0 Å². The lowest BCUT2D eigenvalue weighted by Gasteiger charge is -2.60. The van der Waals surface area contributed by atoms with Gasteiger partial charge in [-0.05, 0) is 91.9 Å². The van der Waals surface area contributed by atoms with E-state index in [1.807, 2.05) is 0 Å². The van der Waals surface area contributed by atoms with Crippen molar-refractivity contribution in [2.45, 2.75) is 57.4 Å². The minimum Gasteiger partial charge on any atom is -0.313 e. The smallest absolute Gasteiger partial charge is 0.0160 e. The molecule has 1 spiro atoms. The van der Waals surface area contributed by atoms with Crippen molar-refractivity contribution in [3.63, 3.8) is 0 Å². The van der Waals surface area contributed by atoms with Gasteiger partial charge < -0.3 is 5.32 Å². The van der Waals surface area contributed by atoms with E-state index in [9.17, 15) is 0 Å². The van der Waals surface area contributed by atoms with Crippen LogP contribution in [0.5, 0.6) is 0 Å². The van der Waals surface area contributed by atoms with Gasteiger partial charge in [0.1, 0.15) is 0 Å². The van der Waals surface area contributed by atoms with Crippen molar-refractivity contribution in [1.82, 2.24) is 5.32 Å². The van der Waals surface area contributed by atoms with Gasteiger partial charge in [-0.1, -0.05) is 12.8 Å². The van der Waals surface area contributed by atoms with E-state index in [1.54, 1.807) is 51.4 Å². The van der Waals surface area contributed by atoms with Gasteiger partial charge >= 0.3 is 0 Å². The predicted octanol–water partition coefficient (Wildman–Crippen LogP) is 3.45. The fourth-order valence-corrected chi connectivity index (χ4v) is 8.78. The quantitative estimate of drug-likeness (QED) is 0.701. The maximum atomic E-state index is 4.10. The lowest BCUT2D eigenvalue weighted by atomic mass is 9.49. The molecule has 6 rings (SSSR count). The molecular weight excluding hydrogens is 230 g/mol. The first-order valence-electron chi connectivity index (χ1n) is 9.11. The van der Waals surface area contributed by atoms with Crippen molar-refractivity contribution in [2.75, 3.05) is 6.54 Å². The molecule has 7 bridgehead atoms. The van der Waals surface area contributed by atoms with Gasteiger partial charge in [0.15, 0.2) is 0 Å². The van der Waals surface area contributed by atoms with E-state index in [1.165, 1.54) is 12.5 Å². The Bertz CT molecular complexity index is 431. The third-order valence-corrected chi connectivity index (χ3v) is 8.99. The average molecular weight is 257 g/mol. The first kappa shape index (κ1) is 10.7. The molecule has 1 N–H and O–H groups in total.